The molecule has 0 aromatic heterocycles. The molecule has 2 aromatic carbocycles. The van der Waals surface area contributed by atoms with Gasteiger partial charge in [-0.2, -0.15) is 5.10 Å². The van der Waals surface area contributed by atoms with Gasteiger partial charge in [0.25, 0.3) is 0 Å². The number of hydrazone groups is 1. The highest BCUT2D eigenvalue weighted by Gasteiger charge is 2.12. The number of carbonyl (C=O) groups is 1. The molecule has 0 aliphatic carbocycles. The van der Waals surface area contributed by atoms with E-state index in [2.05, 4.69) is 26.5 Å². The van der Waals surface area contributed by atoms with Crippen molar-refractivity contribution in [3.8, 4) is 17.2 Å². The number of rotatable bonds is 9. The predicted molar refractivity (Wildman–Crippen MR) is 112 cm³/mol. The number of hydrogen-bond donors (Lipinski definition) is 1. The maximum atomic E-state index is 11.9. The van der Waals surface area contributed by atoms with Crippen LogP contribution in [0.2, 0.25) is 0 Å². The fourth-order valence-corrected chi connectivity index (χ4v) is 3.69. The van der Waals surface area contributed by atoms with E-state index in [9.17, 15) is 4.79 Å². The van der Waals surface area contributed by atoms with Gasteiger partial charge >= 0.3 is 0 Å². The number of nitrogens with one attached hydrogen (secondary N) is 1. The van der Waals surface area contributed by atoms with Gasteiger partial charge in [0.15, 0.2) is 11.5 Å². The van der Waals surface area contributed by atoms with Crippen molar-refractivity contribution in [1.82, 2.24) is 5.43 Å². The number of methoxy groups -OCH3 is 3. The Morgan fingerprint density at radius 2 is 1.81 bits per heavy atom. The van der Waals surface area contributed by atoms with Crippen LogP contribution < -0.4 is 19.6 Å². The van der Waals surface area contributed by atoms with E-state index in [-0.39, 0.29) is 5.91 Å². The molecule has 1 amide bonds. The van der Waals surface area contributed by atoms with Crippen LogP contribution in [-0.4, -0.2) is 39.2 Å². The third-order valence-electron chi connectivity index (χ3n) is 3.54. The number of ether oxygens (including phenoxy) is 3. The second kappa shape index (κ2) is 10.8. The minimum Gasteiger partial charge on any atom is -0.493 e. The van der Waals surface area contributed by atoms with E-state index in [0.29, 0.717) is 28.6 Å². The molecule has 144 valence electrons. The lowest BCUT2D eigenvalue weighted by Gasteiger charge is -2.12. The first-order valence-corrected chi connectivity index (χ1v) is 9.96. The molecule has 0 saturated carbocycles. The Morgan fingerprint density at radius 3 is 2.41 bits per heavy atom. The quantitative estimate of drug-likeness (QED) is 0.462. The lowest BCUT2D eigenvalue weighted by atomic mass is 10.2. The molecular weight excluding hydrogens is 432 g/mol. The Morgan fingerprint density at radius 1 is 1.15 bits per heavy atom. The van der Waals surface area contributed by atoms with E-state index in [1.165, 1.54) is 18.0 Å². The van der Waals surface area contributed by atoms with Gasteiger partial charge < -0.3 is 14.2 Å². The number of benzene rings is 2. The fourth-order valence-electron chi connectivity index (χ4n) is 2.26. The Hall–Kier alpha value is -2.19. The zero-order valence-electron chi connectivity index (χ0n) is 15.3. The molecule has 2 aromatic rings. The summed E-state index contributed by atoms with van der Waals surface area (Å²) < 4.78 is 16.9. The van der Waals surface area contributed by atoms with Crippen molar-refractivity contribution in [3.05, 3.63) is 52.0 Å². The highest BCUT2D eigenvalue weighted by atomic mass is 79.9. The van der Waals surface area contributed by atoms with Crippen LogP contribution in [0.3, 0.4) is 0 Å². The monoisotopic (exact) mass is 452 g/mol. The van der Waals surface area contributed by atoms with Crippen molar-refractivity contribution in [3.63, 3.8) is 0 Å². The molecule has 0 atom stereocenters. The molecule has 0 heterocycles. The number of nitrogens with zero attached hydrogens (tertiary/aromatic N) is 1. The zero-order valence-corrected chi connectivity index (χ0v) is 17.7. The second-order valence-electron chi connectivity index (χ2n) is 5.34. The average Bonchev–Trinajstić information content (AvgIpc) is 2.68. The number of amides is 1. The third kappa shape index (κ3) is 6.18. The van der Waals surface area contributed by atoms with Crippen molar-refractivity contribution in [1.29, 1.82) is 0 Å². The molecule has 0 bridgehead atoms. The average molecular weight is 453 g/mol. The Bertz CT molecular complexity index is 789. The van der Waals surface area contributed by atoms with E-state index in [4.69, 9.17) is 14.2 Å². The van der Waals surface area contributed by atoms with Gasteiger partial charge in [-0.15, -0.1) is 11.8 Å². The highest BCUT2D eigenvalue weighted by molar-refractivity contribution is 9.10. The van der Waals surface area contributed by atoms with E-state index in [1.54, 1.807) is 33.5 Å². The smallest absolute Gasteiger partial charge is 0.250 e. The summed E-state index contributed by atoms with van der Waals surface area (Å²) in [6.45, 7) is 0. The predicted octanol–water partition coefficient (Wildman–Crippen LogP) is 3.86. The molecule has 0 fully saturated rings. The standard InChI is InChI=1S/C19H21BrN2O4S/c1-24-16-8-13(9-17(25-2)19(16)26-3)10-21-22-18(23)12-27-11-14-6-4-5-7-15(14)20/h4-10H,11-12H2,1-3H3,(H,22,23)/b21-10-. The number of carbonyl (C=O) groups excluding carboxylic acids is 1. The van der Waals surface area contributed by atoms with Crippen LogP contribution in [0.4, 0.5) is 0 Å². The zero-order chi connectivity index (χ0) is 19.6. The molecule has 0 radical (unpaired) electrons. The summed E-state index contributed by atoms with van der Waals surface area (Å²) in [4.78, 5) is 11.9. The van der Waals surface area contributed by atoms with Gasteiger partial charge in [0.2, 0.25) is 11.7 Å². The molecule has 0 aliphatic rings. The number of halogens is 1. The summed E-state index contributed by atoms with van der Waals surface area (Å²) in [7, 11) is 4.63. The van der Waals surface area contributed by atoms with Crippen LogP contribution in [0.15, 0.2) is 46.0 Å². The minimum absolute atomic E-state index is 0.171. The highest BCUT2D eigenvalue weighted by Crippen LogP contribution is 2.37. The molecule has 8 heteroatoms. The first kappa shape index (κ1) is 21.1. The fraction of sp³-hybridized carbons (Fsp3) is 0.263. The van der Waals surface area contributed by atoms with Gasteiger partial charge in [-0.1, -0.05) is 34.1 Å². The maximum Gasteiger partial charge on any atom is 0.250 e. The lowest BCUT2D eigenvalue weighted by molar-refractivity contribution is -0.118. The Labute approximate surface area is 171 Å². The first-order chi connectivity index (χ1) is 13.1. The van der Waals surface area contributed by atoms with Crippen molar-refractivity contribution in [2.24, 2.45) is 5.10 Å². The van der Waals surface area contributed by atoms with E-state index in [0.717, 1.165) is 15.8 Å². The van der Waals surface area contributed by atoms with Crippen molar-refractivity contribution < 1.29 is 19.0 Å². The minimum atomic E-state index is -0.171. The molecule has 2 rings (SSSR count). The molecule has 0 spiro atoms. The molecule has 0 aliphatic heterocycles. The van der Waals surface area contributed by atoms with Crippen LogP contribution in [0.1, 0.15) is 11.1 Å². The van der Waals surface area contributed by atoms with Gasteiger partial charge in [-0.25, -0.2) is 5.43 Å². The molecule has 0 saturated heterocycles. The summed E-state index contributed by atoms with van der Waals surface area (Å²) in [5.74, 6) is 2.43. The summed E-state index contributed by atoms with van der Waals surface area (Å²) in [5, 5.41) is 3.99. The van der Waals surface area contributed by atoms with Crippen LogP contribution in [0.5, 0.6) is 17.2 Å². The molecule has 1 N–H and O–H groups in total. The number of thioether (sulfide) groups is 1. The van der Waals surface area contributed by atoms with Crippen molar-refractivity contribution in [2.75, 3.05) is 27.1 Å². The molecule has 6 nitrogen and oxygen atoms in total. The van der Waals surface area contributed by atoms with Gasteiger partial charge in [0.1, 0.15) is 0 Å². The topological polar surface area (TPSA) is 69.2 Å². The summed E-state index contributed by atoms with van der Waals surface area (Å²) in [6, 6.07) is 11.4. The largest absolute Gasteiger partial charge is 0.493 e. The first-order valence-electron chi connectivity index (χ1n) is 8.02. The normalized spacial score (nSPS) is 10.7. The summed E-state index contributed by atoms with van der Waals surface area (Å²) in [5.41, 5.74) is 4.38. The summed E-state index contributed by atoms with van der Waals surface area (Å²) in [6.07, 6.45) is 1.53. The molecule has 0 unspecified atom stereocenters. The van der Waals surface area contributed by atoms with Crippen LogP contribution >= 0.6 is 27.7 Å². The Balaban J connectivity index is 1.89. The van der Waals surface area contributed by atoms with Crippen molar-refractivity contribution >= 4 is 39.8 Å². The SMILES string of the molecule is COc1cc(/C=N\NC(=O)CSCc2ccccc2Br)cc(OC)c1OC. The van der Waals surface area contributed by atoms with E-state index >= 15 is 0 Å². The molecular formula is C19H21BrN2O4S. The number of hydrogen-bond acceptors (Lipinski definition) is 6. The maximum absolute atomic E-state index is 11.9. The van der Waals surface area contributed by atoms with Crippen LogP contribution in [0.25, 0.3) is 0 Å². The second-order valence-corrected chi connectivity index (χ2v) is 7.18. The van der Waals surface area contributed by atoms with Crippen LogP contribution in [-0.2, 0) is 10.5 Å². The van der Waals surface area contributed by atoms with Gasteiger partial charge in [0.05, 0.1) is 33.3 Å². The third-order valence-corrected chi connectivity index (χ3v) is 5.29. The van der Waals surface area contributed by atoms with Crippen LogP contribution in [0, 0.1) is 0 Å². The Kier molecular flexibility index (Phi) is 8.47. The van der Waals surface area contributed by atoms with Gasteiger partial charge in [0, 0.05) is 15.8 Å². The van der Waals surface area contributed by atoms with Crippen molar-refractivity contribution in [2.45, 2.75) is 5.75 Å². The molecule has 27 heavy (non-hydrogen) atoms. The summed E-state index contributed by atoms with van der Waals surface area (Å²) >= 11 is 5.02. The van der Waals surface area contributed by atoms with Gasteiger partial charge in [-0.3, -0.25) is 4.79 Å². The lowest BCUT2D eigenvalue weighted by Crippen LogP contribution is -2.19. The van der Waals surface area contributed by atoms with Gasteiger partial charge in [-0.05, 0) is 23.8 Å². The van der Waals surface area contributed by atoms with E-state index in [1.807, 2.05) is 24.3 Å². The van der Waals surface area contributed by atoms with E-state index < -0.39 is 0 Å².